The lowest BCUT2D eigenvalue weighted by Crippen LogP contribution is -2.39. The first-order chi connectivity index (χ1) is 13.2. The summed E-state index contributed by atoms with van der Waals surface area (Å²) >= 11 is 0. The van der Waals surface area contributed by atoms with Gasteiger partial charge in [0.05, 0.1) is 12.6 Å². The molecule has 1 aromatic heterocycles. The molecule has 1 aliphatic carbocycles. The zero-order chi connectivity index (χ0) is 19.5. The minimum atomic E-state index is -0.170. The molecule has 8 heteroatoms. The molecule has 0 radical (unpaired) electrons. The highest BCUT2D eigenvalue weighted by molar-refractivity contribution is 5.79. The molecule has 0 spiro atoms. The van der Waals surface area contributed by atoms with Gasteiger partial charge in [-0.2, -0.15) is 4.98 Å². The standard InChI is InChI=1S/C19H35N5O3/c1-5-25-14(3)18-23-17(27-24-18)13-22-19(20-4)21-12-11-16(26-6-2)15-9-7-8-10-15/h14-16H,5-13H2,1-4H3,(H2,20,21,22). The maximum Gasteiger partial charge on any atom is 0.246 e. The minimum absolute atomic E-state index is 0.170. The van der Waals surface area contributed by atoms with Gasteiger partial charge in [-0.3, -0.25) is 4.99 Å². The number of ether oxygens (including phenoxy) is 2. The van der Waals surface area contributed by atoms with Gasteiger partial charge in [0.2, 0.25) is 5.89 Å². The van der Waals surface area contributed by atoms with E-state index in [1.54, 1.807) is 7.05 Å². The van der Waals surface area contributed by atoms with E-state index in [1.807, 2.05) is 13.8 Å². The van der Waals surface area contributed by atoms with E-state index < -0.39 is 0 Å². The Morgan fingerprint density at radius 3 is 2.63 bits per heavy atom. The fourth-order valence-electron chi connectivity index (χ4n) is 3.54. The number of rotatable bonds is 11. The Labute approximate surface area is 162 Å². The quantitative estimate of drug-likeness (QED) is 0.450. The second kappa shape index (κ2) is 11.9. The molecule has 1 saturated carbocycles. The molecule has 2 unspecified atom stereocenters. The second-order valence-electron chi connectivity index (χ2n) is 6.82. The highest BCUT2D eigenvalue weighted by Crippen LogP contribution is 2.30. The van der Waals surface area contributed by atoms with Crippen molar-refractivity contribution >= 4 is 5.96 Å². The van der Waals surface area contributed by atoms with Gasteiger partial charge >= 0.3 is 0 Å². The lowest BCUT2D eigenvalue weighted by molar-refractivity contribution is 0.0169. The van der Waals surface area contributed by atoms with Crippen molar-refractivity contribution in [2.45, 2.75) is 71.6 Å². The van der Waals surface area contributed by atoms with Crippen molar-refractivity contribution in [1.29, 1.82) is 0 Å². The number of nitrogens with zero attached hydrogens (tertiary/aromatic N) is 3. The van der Waals surface area contributed by atoms with E-state index in [0.717, 1.165) is 19.6 Å². The van der Waals surface area contributed by atoms with Crippen LogP contribution in [0.25, 0.3) is 0 Å². The number of hydrogen-bond acceptors (Lipinski definition) is 6. The van der Waals surface area contributed by atoms with Crippen molar-refractivity contribution < 1.29 is 14.0 Å². The molecule has 1 aromatic rings. The molecular weight excluding hydrogens is 346 g/mol. The first-order valence-corrected chi connectivity index (χ1v) is 10.2. The lowest BCUT2D eigenvalue weighted by Gasteiger charge is -2.23. The van der Waals surface area contributed by atoms with Crippen molar-refractivity contribution in [3.8, 4) is 0 Å². The maximum atomic E-state index is 5.97. The molecule has 1 aliphatic rings. The van der Waals surface area contributed by atoms with Crippen molar-refractivity contribution in [1.82, 2.24) is 20.8 Å². The van der Waals surface area contributed by atoms with Crippen molar-refractivity contribution in [2.24, 2.45) is 10.9 Å². The van der Waals surface area contributed by atoms with Crippen molar-refractivity contribution in [3.63, 3.8) is 0 Å². The Kier molecular flexibility index (Phi) is 9.55. The predicted octanol–water partition coefficient (Wildman–Crippen LogP) is 2.82. The van der Waals surface area contributed by atoms with Gasteiger partial charge in [0, 0.05) is 26.8 Å². The van der Waals surface area contributed by atoms with Crippen LogP contribution in [-0.4, -0.2) is 49.0 Å². The van der Waals surface area contributed by atoms with Crippen LogP contribution in [0.2, 0.25) is 0 Å². The molecule has 1 heterocycles. The highest BCUT2D eigenvalue weighted by atomic mass is 16.5. The highest BCUT2D eigenvalue weighted by Gasteiger charge is 2.25. The Morgan fingerprint density at radius 2 is 1.96 bits per heavy atom. The lowest BCUT2D eigenvalue weighted by atomic mass is 9.98. The van der Waals surface area contributed by atoms with Crippen LogP contribution in [-0.2, 0) is 16.0 Å². The second-order valence-corrected chi connectivity index (χ2v) is 6.82. The largest absolute Gasteiger partial charge is 0.378 e. The third kappa shape index (κ3) is 7.10. The Morgan fingerprint density at radius 1 is 1.22 bits per heavy atom. The van der Waals surface area contributed by atoms with Gasteiger partial charge in [0.1, 0.15) is 6.10 Å². The molecule has 2 atom stereocenters. The summed E-state index contributed by atoms with van der Waals surface area (Å²) < 4.78 is 16.7. The summed E-state index contributed by atoms with van der Waals surface area (Å²) in [6, 6.07) is 0. The molecule has 8 nitrogen and oxygen atoms in total. The predicted molar refractivity (Wildman–Crippen MR) is 105 cm³/mol. The molecule has 0 bridgehead atoms. The smallest absolute Gasteiger partial charge is 0.246 e. The first-order valence-electron chi connectivity index (χ1n) is 10.2. The Bertz CT molecular complexity index is 557. The number of aromatic nitrogens is 2. The van der Waals surface area contributed by atoms with Crippen LogP contribution >= 0.6 is 0 Å². The SMILES string of the molecule is CCOC(C)c1noc(CNC(=NC)NCCC(OCC)C2CCCC2)n1. The zero-order valence-corrected chi connectivity index (χ0v) is 17.2. The summed E-state index contributed by atoms with van der Waals surface area (Å²) in [6.07, 6.45) is 6.39. The summed E-state index contributed by atoms with van der Waals surface area (Å²) in [5, 5.41) is 10.5. The van der Waals surface area contributed by atoms with E-state index in [1.165, 1.54) is 25.7 Å². The Balaban J connectivity index is 1.73. The number of aliphatic imine (C=N–C) groups is 1. The molecule has 27 heavy (non-hydrogen) atoms. The van der Waals surface area contributed by atoms with E-state index in [-0.39, 0.29) is 6.10 Å². The van der Waals surface area contributed by atoms with Gasteiger partial charge in [0.15, 0.2) is 11.8 Å². The summed E-state index contributed by atoms with van der Waals surface area (Å²) in [6.45, 7) is 8.54. The first kappa shape index (κ1) is 21.6. The van der Waals surface area contributed by atoms with E-state index in [9.17, 15) is 0 Å². The van der Waals surface area contributed by atoms with Crippen LogP contribution in [0.5, 0.6) is 0 Å². The number of nitrogens with one attached hydrogen (secondary N) is 2. The van der Waals surface area contributed by atoms with Gasteiger partial charge in [-0.25, -0.2) is 0 Å². The van der Waals surface area contributed by atoms with Crippen molar-refractivity contribution in [3.05, 3.63) is 11.7 Å². The third-order valence-corrected chi connectivity index (χ3v) is 4.92. The molecule has 2 N–H and O–H groups in total. The van der Waals surface area contributed by atoms with E-state index in [2.05, 4.69) is 32.7 Å². The van der Waals surface area contributed by atoms with Crippen LogP contribution in [0.15, 0.2) is 9.52 Å². The molecule has 0 amide bonds. The van der Waals surface area contributed by atoms with Crippen LogP contribution in [0.4, 0.5) is 0 Å². The van der Waals surface area contributed by atoms with Crippen LogP contribution in [0.3, 0.4) is 0 Å². The summed E-state index contributed by atoms with van der Waals surface area (Å²) in [5.74, 6) is 2.49. The van der Waals surface area contributed by atoms with Gasteiger partial charge < -0.3 is 24.6 Å². The molecule has 0 aromatic carbocycles. The molecule has 2 rings (SSSR count). The van der Waals surface area contributed by atoms with Crippen LogP contribution < -0.4 is 10.6 Å². The van der Waals surface area contributed by atoms with Gasteiger partial charge in [0.25, 0.3) is 0 Å². The molecule has 0 saturated heterocycles. The molecule has 154 valence electrons. The van der Waals surface area contributed by atoms with Crippen molar-refractivity contribution in [2.75, 3.05) is 26.8 Å². The monoisotopic (exact) mass is 381 g/mol. The van der Waals surface area contributed by atoms with Gasteiger partial charge in [-0.15, -0.1) is 0 Å². The van der Waals surface area contributed by atoms with Crippen LogP contribution in [0.1, 0.15) is 70.7 Å². The van der Waals surface area contributed by atoms with Crippen LogP contribution in [0, 0.1) is 5.92 Å². The fourth-order valence-corrected chi connectivity index (χ4v) is 3.54. The Hall–Kier alpha value is -1.67. The normalized spacial score (nSPS) is 17.9. The summed E-state index contributed by atoms with van der Waals surface area (Å²) in [4.78, 5) is 8.61. The number of hydrogen-bond donors (Lipinski definition) is 2. The average molecular weight is 382 g/mol. The average Bonchev–Trinajstić information content (AvgIpc) is 3.36. The molecule has 0 aliphatic heterocycles. The topological polar surface area (TPSA) is 93.8 Å². The summed E-state index contributed by atoms with van der Waals surface area (Å²) in [7, 11) is 1.75. The summed E-state index contributed by atoms with van der Waals surface area (Å²) in [5.41, 5.74) is 0. The van der Waals surface area contributed by atoms with E-state index in [4.69, 9.17) is 14.0 Å². The van der Waals surface area contributed by atoms with Gasteiger partial charge in [-0.05, 0) is 46.0 Å². The maximum absolute atomic E-state index is 5.97. The van der Waals surface area contributed by atoms with E-state index >= 15 is 0 Å². The zero-order valence-electron chi connectivity index (χ0n) is 17.2. The number of guanidine groups is 1. The van der Waals surface area contributed by atoms with E-state index in [0.29, 0.717) is 42.8 Å². The minimum Gasteiger partial charge on any atom is -0.378 e. The fraction of sp³-hybridized carbons (Fsp3) is 0.842. The molecular formula is C19H35N5O3. The van der Waals surface area contributed by atoms with Gasteiger partial charge in [-0.1, -0.05) is 18.0 Å². The molecule has 1 fully saturated rings. The third-order valence-electron chi connectivity index (χ3n) is 4.92.